The Morgan fingerprint density at radius 2 is 1.81 bits per heavy atom. The first kappa shape index (κ1) is 27.6. The van der Waals surface area contributed by atoms with E-state index in [4.69, 9.17) is 15.1 Å². The zero-order chi connectivity index (χ0) is 17.5. The van der Waals surface area contributed by atoms with E-state index in [1.54, 1.807) is 0 Å². The van der Waals surface area contributed by atoms with Crippen LogP contribution in [0.25, 0.3) is 5.53 Å². The summed E-state index contributed by atoms with van der Waals surface area (Å²) in [5.74, 6) is 0. The first-order valence-electron chi connectivity index (χ1n) is 9.02. The van der Waals surface area contributed by atoms with Crippen LogP contribution in [0.15, 0.2) is 30.3 Å². The number of halogens is 1. The molecule has 5 nitrogen and oxygen atoms in total. The van der Waals surface area contributed by atoms with Crippen molar-refractivity contribution in [2.24, 2.45) is 0 Å². The molecule has 1 aliphatic heterocycles. The molecular weight excluding hydrogens is 403 g/mol. The van der Waals surface area contributed by atoms with Crippen LogP contribution in [0.2, 0.25) is 0 Å². The summed E-state index contributed by atoms with van der Waals surface area (Å²) in [4.78, 5) is 9.08. The summed E-state index contributed by atoms with van der Waals surface area (Å²) in [6.45, 7) is 7.33. The number of rotatable bonds is 8. The molecule has 2 rings (SSSR count). The molecule has 0 spiro atoms. The van der Waals surface area contributed by atoms with Crippen LogP contribution >= 0.6 is 0 Å². The van der Waals surface area contributed by atoms with Crippen molar-refractivity contribution < 1.29 is 51.3 Å². The Bertz CT molecular complexity index is 446. The van der Waals surface area contributed by atoms with E-state index >= 15 is 0 Å². The molecule has 0 radical (unpaired) electrons. The molecule has 1 N–H and O–H groups in total. The maximum atomic E-state index is 9.05. The van der Waals surface area contributed by atoms with Crippen LogP contribution in [-0.4, -0.2) is 42.9 Å². The number of nitrogens with zero attached hydrogens (tertiary/aromatic N) is 2. The second kappa shape index (κ2) is 19.2. The van der Waals surface area contributed by atoms with Crippen LogP contribution in [0.3, 0.4) is 0 Å². The smallest absolute Gasteiger partial charge is 0.353 e. The maximum Gasteiger partial charge on any atom is 0.353 e. The number of quaternary nitrogens is 1. The van der Waals surface area contributed by atoms with E-state index in [9.17, 15) is 0 Å². The second-order valence-corrected chi connectivity index (χ2v) is 5.84. The summed E-state index contributed by atoms with van der Waals surface area (Å²) in [7, 11) is 0. The van der Waals surface area contributed by atoms with E-state index in [1.165, 1.54) is 0 Å². The maximum absolute atomic E-state index is 9.05. The normalized spacial score (nSPS) is 18.5. The van der Waals surface area contributed by atoms with Gasteiger partial charge >= 0.3 is 5.71 Å². The van der Waals surface area contributed by atoms with Crippen molar-refractivity contribution in [1.29, 1.82) is 0 Å². The van der Waals surface area contributed by atoms with Crippen LogP contribution in [0.4, 0.5) is 0 Å². The summed E-state index contributed by atoms with van der Waals surface area (Å²) >= 11 is 0. The van der Waals surface area contributed by atoms with Crippen molar-refractivity contribution in [3.63, 3.8) is 0 Å². The molecule has 1 aliphatic rings. The van der Waals surface area contributed by atoms with Gasteiger partial charge in [0.15, 0.2) is 6.10 Å². The van der Waals surface area contributed by atoms with Gasteiger partial charge in [-0.3, -0.25) is 0 Å². The van der Waals surface area contributed by atoms with Crippen LogP contribution in [0.1, 0.15) is 46.0 Å². The number of unbranched alkanes of at least 4 members (excludes halogenated alkanes) is 2. The minimum atomic E-state index is -0.0277. The number of piperidine rings is 1. The van der Waals surface area contributed by atoms with Gasteiger partial charge in [0.1, 0.15) is 13.2 Å². The molecule has 1 aromatic carbocycles. The molecule has 0 aromatic heterocycles. The molecule has 1 heterocycles. The predicted octanol–water partition coefficient (Wildman–Crippen LogP) is -0.649. The molecule has 1 fully saturated rings. The van der Waals surface area contributed by atoms with E-state index in [1.807, 2.05) is 30.3 Å². The summed E-state index contributed by atoms with van der Waals surface area (Å²) < 4.78 is 5.74. The van der Waals surface area contributed by atoms with E-state index in [-0.39, 0.29) is 38.0 Å². The SMILES string of the molecule is CCCCOC1CC[NH+](OCCCC)CC1=[N+]=[N-].[Cl-].[Zn].[c-]1ccccc1. The van der Waals surface area contributed by atoms with Crippen molar-refractivity contribution in [2.75, 3.05) is 26.3 Å². The summed E-state index contributed by atoms with van der Waals surface area (Å²) in [5.41, 5.74) is 9.76. The van der Waals surface area contributed by atoms with E-state index < -0.39 is 0 Å². The van der Waals surface area contributed by atoms with Gasteiger partial charge in [-0.25, -0.2) is 4.84 Å². The van der Waals surface area contributed by atoms with Gasteiger partial charge in [0, 0.05) is 32.5 Å². The zero-order valence-corrected chi connectivity index (χ0v) is 19.8. The quantitative estimate of drug-likeness (QED) is 0.195. The Morgan fingerprint density at radius 3 is 2.31 bits per heavy atom. The molecule has 0 amide bonds. The average Bonchev–Trinajstić information content (AvgIpc) is 2.65. The Kier molecular flexibility index (Phi) is 20.4. The number of ether oxygens (including phenoxy) is 1. The van der Waals surface area contributed by atoms with Crippen LogP contribution in [0, 0.1) is 6.07 Å². The second-order valence-electron chi connectivity index (χ2n) is 5.84. The number of benzene rings is 1. The van der Waals surface area contributed by atoms with Gasteiger partial charge in [-0.05, 0) is 12.8 Å². The van der Waals surface area contributed by atoms with Gasteiger partial charge in [-0.2, -0.15) is 46.3 Å². The summed E-state index contributed by atoms with van der Waals surface area (Å²) in [5, 5.41) is 1.03. The van der Waals surface area contributed by atoms with Crippen LogP contribution in [-0.2, 0) is 29.1 Å². The Morgan fingerprint density at radius 1 is 1.15 bits per heavy atom. The number of hydrogen-bond acceptors (Lipinski definition) is 2. The van der Waals surface area contributed by atoms with Gasteiger partial charge in [0.2, 0.25) is 6.54 Å². The molecule has 2 unspecified atom stereocenters. The fourth-order valence-corrected chi connectivity index (χ4v) is 2.34. The Labute approximate surface area is 177 Å². The van der Waals surface area contributed by atoms with Crippen molar-refractivity contribution in [3.8, 4) is 0 Å². The summed E-state index contributed by atoms with van der Waals surface area (Å²) in [6, 6.07) is 12.5. The fourth-order valence-electron chi connectivity index (χ4n) is 2.34. The number of nitrogens with one attached hydrogen (secondary N) is 1. The van der Waals surface area contributed by atoms with Crippen molar-refractivity contribution in [2.45, 2.75) is 52.1 Å². The van der Waals surface area contributed by atoms with Crippen LogP contribution in [0.5, 0.6) is 0 Å². The topological polar surface area (TPSA) is 59.3 Å². The van der Waals surface area contributed by atoms with E-state index in [2.05, 4.69) is 24.7 Å². The van der Waals surface area contributed by atoms with Gasteiger partial charge < -0.3 is 22.7 Å². The summed E-state index contributed by atoms with van der Waals surface area (Å²) in [6.07, 6.45) is 5.22. The molecule has 26 heavy (non-hydrogen) atoms. The van der Waals surface area contributed by atoms with Crippen molar-refractivity contribution in [3.05, 3.63) is 41.9 Å². The first-order chi connectivity index (χ1) is 11.8. The molecule has 0 saturated carbocycles. The fraction of sp³-hybridized carbons (Fsp3) is 0.632. The molecule has 1 aromatic rings. The molecule has 144 valence electrons. The van der Waals surface area contributed by atoms with Gasteiger partial charge in [0.25, 0.3) is 0 Å². The Balaban J connectivity index is 0. The zero-order valence-electron chi connectivity index (χ0n) is 16.1. The number of hydrogen-bond donors (Lipinski definition) is 1. The van der Waals surface area contributed by atoms with Gasteiger partial charge in [-0.1, -0.05) is 26.7 Å². The van der Waals surface area contributed by atoms with Crippen LogP contribution < -0.4 is 17.5 Å². The minimum Gasteiger partial charge on any atom is -1.00 e. The van der Waals surface area contributed by atoms with Gasteiger partial charge in [-0.15, -0.1) is 0 Å². The molecular formula is C19H31ClN3O2Zn-. The molecule has 0 aliphatic carbocycles. The third kappa shape index (κ3) is 12.7. The molecule has 2 atom stereocenters. The first-order valence-corrected chi connectivity index (χ1v) is 9.02. The van der Waals surface area contributed by atoms with Crippen molar-refractivity contribution >= 4 is 5.71 Å². The molecule has 1 saturated heterocycles. The monoisotopic (exact) mass is 432 g/mol. The van der Waals surface area contributed by atoms with Crippen molar-refractivity contribution in [1.82, 2.24) is 0 Å². The molecule has 7 heteroatoms. The standard InChI is InChI=1S/C13H25N3O2.C6H5.ClH.Zn/c1-3-5-9-17-13-7-8-16(11-12(13)15-14)18-10-6-4-2;1-2-4-6-5-3-1;;/h13H,3-11H2,1-2H3;1-5H;1H;/q;-1;;. The average molecular weight is 434 g/mol. The predicted molar refractivity (Wildman–Crippen MR) is 94.7 cm³/mol. The van der Waals surface area contributed by atoms with Gasteiger partial charge in [0.05, 0.1) is 0 Å². The van der Waals surface area contributed by atoms with E-state index in [0.717, 1.165) is 56.9 Å². The third-order valence-electron chi connectivity index (χ3n) is 3.79. The van der Waals surface area contributed by atoms with E-state index in [0.29, 0.717) is 12.3 Å². The molecule has 0 bridgehead atoms. The third-order valence-corrected chi connectivity index (χ3v) is 3.79. The number of hydroxylamine groups is 2. The Hall–Kier alpha value is -0.607. The largest absolute Gasteiger partial charge is 1.00 e. The minimum absolute atomic E-state index is 0.